The summed E-state index contributed by atoms with van der Waals surface area (Å²) in [5.74, 6) is 0.769. The van der Waals surface area contributed by atoms with Crippen LogP contribution in [-0.2, 0) is 7.05 Å². The summed E-state index contributed by atoms with van der Waals surface area (Å²) in [5.41, 5.74) is 1.93. The van der Waals surface area contributed by atoms with E-state index in [1.54, 1.807) is 19.5 Å². The molecule has 1 unspecified atom stereocenters. The van der Waals surface area contributed by atoms with Gasteiger partial charge in [0.2, 0.25) is 0 Å². The first kappa shape index (κ1) is 15.0. The highest BCUT2D eigenvalue weighted by Gasteiger charge is 2.23. The van der Waals surface area contributed by atoms with Gasteiger partial charge in [-0.15, -0.1) is 0 Å². The second kappa shape index (κ2) is 6.85. The van der Waals surface area contributed by atoms with Gasteiger partial charge in [-0.25, -0.2) is 0 Å². The van der Waals surface area contributed by atoms with Crippen LogP contribution in [0.4, 0.5) is 0 Å². The van der Waals surface area contributed by atoms with Crippen molar-refractivity contribution >= 4 is 15.9 Å². The topological polar surface area (TPSA) is 52.0 Å². The molecule has 0 radical (unpaired) electrons. The van der Waals surface area contributed by atoms with Gasteiger partial charge in [0.25, 0.3) is 0 Å². The second-order valence-corrected chi connectivity index (χ2v) is 5.43. The first-order chi connectivity index (χ1) is 9.67. The maximum absolute atomic E-state index is 5.41. The highest BCUT2D eigenvalue weighted by atomic mass is 79.9. The fourth-order valence-corrected chi connectivity index (χ4v) is 2.34. The molecule has 0 spiro atoms. The van der Waals surface area contributed by atoms with E-state index in [1.807, 2.05) is 23.9 Å². The average Bonchev–Trinajstić information content (AvgIpc) is 2.82. The standard InChI is InChI=1S/C14H19BrN4O/c1-4-7-16-13(11-6-5-10(15)8-17-11)14-12(20-3)9-18-19(14)2/h5-6,8-9,13,16H,4,7H2,1-3H3. The molecule has 0 amide bonds. The summed E-state index contributed by atoms with van der Waals surface area (Å²) in [7, 11) is 3.57. The molecule has 0 aliphatic rings. The molecule has 2 heterocycles. The molecule has 1 N–H and O–H groups in total. The van der Waals surface area contributed by atoms with Crippen LogP contribution in [0.15, 0.2) is 29.0 Å². The molecule has 20 heavy (non-hydrogen) atoms. The van der Waals surface area contributed by atoms with E-state index in [-0.39, 0.29) is 6.04 Å². The van der Waals surface area contributed by atoms with Crippen LogP contribution >= 0.6 is 15.9 Å². The van der Waals surface area contributed by atoms with Crippen molar-refractivity contribution in [3.05, 3.63) is 40.4 Å². The van der Waals surface area contributed by atoms with E-state index < -0.39 is 0 Å². The lowest BCUT2D eigenvalue weighted by atomic mass is 10.1. The van der Waals surface area contributed by atoms with E-state index in [0.717, 1.165) is 34.6 Å². The van der Waals surface area contributed by atoms with E-state index >= 15 is 0 Å². The Balaban J connectivity index is 2.41. The third-order valence-corrected chi connectivity index (χ3v) is 3.56. The normalized spacial score (nSPS) is 12.4. The molecule has 6 heteroatoms. The lowest BCUT2D eigenvalue weighted by molar-refractivity contribution is 0.399. The summed E-state index contributed by atoms with van der Waals surface area (Å²) in [5, 5.41) is 7.78. The van der Waals surface area contributed by atoms with Crippen molar-refractivity contribution in [1.29, 1.82) is 0 Å². The highest BCUT2D eigenvalue weighted by molar-refractivity contribution is 9.10. The Morgan fingerprint density at radius 1 is 1.40 bits per heavy atom. The van der Waals surface area contributed by atoms with E-state index in [2.05, 4.69) is 38.3 Å². The number of aromatic nitrogens is 3. The van der Waals surface area contributed by atoms with Gasteiger partial charge in [0.15, 0.2) is 5.75 Å². The molecule has 0 saturated carbocycles. The van der Waals surface area contributed by atoms with Crippen molar-refractivity contribution in [1.82, 2.24) is 20.1 Å². The number of rotatable bonds is 6. The van der Waals surface area contributed by atoms with E-state index in [9.17, 15) is 0 Å². The SMILES string of the molecule is CCCNC(c1ccc(Br)cn1)c1c(OC)cnn1C. The van der Waals surface area contributed by atoms with E-state index in [1.165, 1.54) is 0 Å². The van der Waals surface area contributed by atoms with Crippen molar-refractivity contribution in [2.45, 2.75) is 19.4 Å². The number of ether oxygens (including phenoxy) is 1. The number of methoxy groups -OCH3 is 1. The Kier molecular flexibility index (Phi) is 5.14. The number of aryl methyl sites for hydroxylation is 1. The first-order valence-electron chi connectivity index (χ1n) is 6.58. The van der Waals surface area contributed by atoms with E-state index in [0.29, 0.717) is 0 Å². The zero-order chi connectivity index (χ0) is 14.5. The largest absolute Gasteiger partial charge is 0.493 e. The summed E-state index contributed by atoms with van der Waals surface area (Å²) >= 11 is 3.41. The molecule has 5 nitrogen and oxygen atoms in total. The van der Waals surface area contributed by atoms with Crippen LogP contribution < -0.4 is 10.1 Å². The Bertz CT molecular complexity index is 553. The minimum atomic E-state index is -0.0366. The maximum atomic E-state index is 5.41. The van der Waals surface area contributed by atoms with Crippen LogP contribution in [0.2, 0.25) is 0 Å². The Hall–Kier alpha value is -1.40. The van der Waals surface area contributed by atoms with Gasteiger partial charge in [-0.05, 0) is 41.0 Å². The Labute approximate surface area is 127 Å². The van der Waals surface area contributed by atoms with Gasteiger partial charge >= 0.3 is 0 Å². The molecule has 0 aliphatic carbocycles. The molecule has 108 valence electrons. The van der Waals surface area contributed by atoms with Gasteiger partial charge < -0.3 is 10.1 Å². The van der Waals surface area contributed by atoms with E-state index in [4.69, 9.17) is 4.74 Å². The summed E-state index contributed by atoms with van der Waals surface area (Å²) in [4.78, 5) is 4.50. The zero-order valence-electron chi connectivity index (χ0n) is 11.9. The lowest BCUT2D eigenvalue weighted by Crippen LogP contribution is -2.26. The molecule has 0 aromatic carbocycles. The molecular formula is C14H19BrN4O. The fourth-order valence-electron chi connectivity index (χ4n) is 2.10. The van der Waals surface area contributed by atoms with Crippen LogP contribution in [-0.4, -0.2) is 28.4 Å². The number of pyridine rings is 1. The summed E-state index contributed by atoms with van der Waals surface area (Å²) in [6.07, 6.45) is 4.58. The predicted molar refractivity (Wildman–Crippen MR) is 81.8 cm³/mol. The molecule has 2 aromatic heterocycles. The van der Waals surface area contributed by atoms with Gasteiger partial charge in [-0.1, -0.05) is 6.92 Å². The minimum absolute atomic E-state index is 0.0366. The molecule has 0 aliphatic heterocycles. The third kappa shape index (κ3) is 3.19. The molecule has 2 rings (SSSR count). The van der Waals surface area contributed by atoms with Crippen molar-refractivity contribution in [2.24, 2.45) is 7.05 Å². The number of hydrogen-bond donors (Lipinski definition) is 1. The third-order valence-electron chi connectivity index (χ3n) is 3.09. The molecule has 2 aromatic rings. The summed E-state index contributed by atoms with van der Waals surface area (Å²) in [6.45, 7) is 3.04. The van der Waals surface area contributed by atoms with Crippen LogP contribution in [0.3, 0.4) is 0 Å². The summed E-state index contributed by atoms with van der Waals surface area (Å²) in [6, 6.07) is 3.96. The van der Waals surface area contributed by atoms with Crippen LogP contribution in [0.5, 0.6) is 5.75 Å². The second-order valence-electron chi connectivity index (χ2n) is 4.51. The molecule has 0 saturated heterocycles. The maximum Gasteiger partial charge on any atom is 0.161 e. The fraction of sp³-hybridized carbons (Fsp3) is 0.429. The lowest BCUT2D eigenvalue weighted by Gasteiger charge is -2.19. The summed E-state index contributed by atoms with van der Waals surface area (Å²) < 4.78 is 8.21. The average molecular weight is 339 g/mol. The van der Waals surface area contributed by atoms with Gasteiger partial charge in [-0.2, -0.15) is 5.10 Å². The van der Waals surface area contributed by atoms with Crippen LogP contribution in [0.1, 0.15) is 30.8 Å². The number of halogens is 1. The Morgan fingerprint density at radius 2 is 2.20 bits per heavy atom. The predicted octanol–water partition coefficient (Wildman–Crippen LogP) is 2.68. The van der Waals surface area contributed by atoms with Crippen molar-refractivity contribution < 1.29 is 4.74 Å². The van der Waals surface area contributed by atoms with Crippen LogP contribution in [0.25, 0.3) is 0 Å². The molecule has 1 atom stereocenters. The van der Waals surface area contributed by atoms with Gasteiger partial charge in [0, 0.05) is 17.7 Å². The molecule has 0 fully saturated rings. The first-order valence-corrected chi connectivity index (χ1v) is 7.37. The van der Waals surface area contributed by atoms with Crippen LogP contribution in [0, 0.1) is 0 Å². The van der Waals surface area contributed by atoms with Gasteiger partial charge in [0.05, 0.1) is 25.0 Å². The minimum Gasteiger partial charge on any atom is -0.493 e. The van der Waals surface area contributed by atoms with Crippen molar-refractivity contribution in [3.8, 4) is 5.75 Å². The monoisotopic (exact) mass is 338 g/mol. The van der Waals surface area contributed by atoms with Gasteiger partial charge in [0.1, 0.15) is 5.69 Å². The number of hydrogen-bond acceptors (Lipinski definition) is 4. The number of nitrogens with one attached hydrogen (secondary N) is 1. The molecule has 0 bridgehead atoms. The van der Waals surface area contributed by atoms with Crippen molar-refractivity contribution in [2.75, 3.05) is 13.7 Å². The molecular weight excluding hydrogens is 320 g/mol. The number of nitrogens with zero attached hydrogens (tertiary/aromatic N) is 3. The Morgan fingerprint density at radius 3 is 2.80 bits per heavy atom. The van der Waals surface area contributed by atoms with Crippen molar-refractivity contribution in [3.63, 3.8) is 0 Å². The quantitative estimate of drug-likeness (QED) is 0.879. The smallest absolute Gasteiger partial charge is 0.161 e. The highest BCUT2D eigenvalue weighted by Crippen LogP contribution is 2.28. The zero-order valence-corrected chi connectivity index (χ0v) is 13.5. The van der Waals surface area contributed by atoms with Gasteiger partial charge in [-0.3, -0.25) is 9.67 Å².